The Morgan fingerprint density at radius 3 is 2.62 bits per heavy atom. The fourth-order valence-corrected chi connectivity index (χ4v) is 4.38. The van der Waals surface area contributed by atoms with Gasteiger partial charge in [-0.05, 0) is 38.1 Å². The summed E-state index contributed by atoms with van der Waals surface area (Å²) in [5.74, 6) is -0.140. The van der Waals surface area contributed by atoms with Crippen LogP contribution in [0, 0.1) is 5.82 Å². The minimum atomic E-state index is -0.480. The fourth-order valence-electron chi connectivity index (χ4n) is 4.12. The quantitative estimate of drug-likeness (QED) is 0.566. The second-order valence-corrected chi connectivity index (χ2v) is 8.40. The summed E-state index contributed by atoms with van der Waals surface area (Å²) < 4.78 is 15.7. The van der Waals surface area contributed by atoms with Crippen LogP contribution in [0.4, 0.5) is 10.2 Å². The van der Waals surface area contributed by atoms with E-state index in [1.54, 1.807) is 36.2 Å². The molecule has 0 spiro atoms. The second-order valence-electron chi connectivity index (χ2n) is 7.99. The monoisotopic (exact) mass is 455 g/mol. The topological polar surface area (TPSA) is 71.3 Å². The molecule has 4 rings (SSSR count). The predicted molar refractivity (Wildman–Crippen MR) is 123 cm³/mol. The average molecular weight is 456 g/mol. The second kappa shape index (κ2) is 8.35. The molecule has 166 valence electrons. The molecular weight excluding hydrogens is 433 g/mol. The first-order valence-electron chi connectivity index (χ1n) is 10.2. The standard InChI is InChI=1S/C23H23ClFN5O2/c1-5-19(31)29-11-14(3)30(12-13(29)2)22-16-10-17(24)20(15-8-6-7-9-18(15)25)26-21(16)28(4)23(32)27-22/h5-10,13-14H,1,11-12H2,2-4H3. The number of hydrogen-bond acceptors (Lipinski definition) is 5. The Morgan fingerprint density at radius 2 is 1.94 bits per heavy atom. The Bertz CT molecular complexity index is 1290. The van der Waals surface area contributed by atoms with Crippen molar-refractivity contribution in [2.75, 3.05) is 18.0 Å². The number of amides is 1. The lowest BCUT2D eigenvalue weighted by Gasteiger charge is -2.44. The van der Waals surface area contributed by atoms with Gasteiger partial charge in [-0.1, -0.05) is 30.3 Å². The van der Waals surface area contributed by atoms with Gasteiger partial charge in [0.1, 0.15) is 17.3 Å². The van der Waals surface area contributed by atoms with Gasteiger partial charge in [0.15, 0.2) is 0 Å². The van der Waals surface area contributed by atoms with Crippen molar-refractivity contribution in [1.82, 2.24) is 19.4 Å². The number of aryl methyl sites for hydroxylation is 1. The number of piperazine rings is 1. The first-order chi connectivity index (χ1) is 15.2. The lowest BCUT2D eigenvalue weighted by Crippen LogP contribution is -2.58. The van der Waals surface area contributed by atoms with E-state index in [1.165, 1.54) is 16.7 Å². The summed E-state index contributed by atoms with van der Waals surface area (Å²) in [6.07, 6.45) is 1.30. The third-order valence-corrected chi connectivity index (χ3v) is 6.14. The molecule has 2 aromatic heterocycles. The molecule has 1 fully saturated rings. The summed E-state index contributed by atoms with van der Waals surface area (Å²) in [6, 6.07) is 7.67. The highest BCUT2D eigenvalue weighted by molar-refractivity contribution is 6.33. The van der Waals surface area contributed by atoms with E-state index in [-0.39, 0.29) is 34.3 Å². The third kappa shape index (κ3) is 3.64. The van der Waals surface area contributed by atoms with Gasteiger partial charge in [-0.2, -0.15) is 4.98 Å². The molecule has 0 bridgehead atoms. The van der Waals surface area contributed by atoms with Gasteiger partial charge in [0.25, 0.3) is 0 Å². The number of aromatic nitrogens is 3. The zero-order chi connectivity index (χ0) is 23.2. The van der Waals surface area contributed by atoms with Gasteiger partial charge in [-0.15, -0.1) is 0 Å². The molecular formula is C23H23ClFN5O2. The molecule has 1 aliphatic heterocycles. The van der Waals surface area contributed by atoms with Gasteiger partial charge >= 0.3 is 5.69 Å². The van der Waals surface area contributed by atoms with Gasteiger partial charge in [-0.25, -0.2) is 14.2 Å². The Morgan fingerprint density at radius 1 is 1.22 bits per heavy atom. The molecule has 1 amide bonds. The highest BCUT2D eigenvalue weighted by Gasteiger charge is 2.33. The van der Waals surface area contributed by atoms with E-state index >= 15 is 0 Å². The van der Waals surface area contributed by atoms with Crippen molar-refractivity contribution in [3.63, 3.8) is 0 Å². The number of halogens is 2. The molecule has 7 nitrogen and oxygen atoms in total. The van der Waals surface area contributed by atoms with Crippen LogP contribution >= 0.6 is 11.6 Å². The van der Waals surface area contributed by atoms with E-state index < -0.39 is 11.5 Å². The van der Waals surface area contributed by atoms with E-state index in [1.807, 2.05) is 18.7 Å². The Hall–Kier alpha value is -3.26. The maximum absolute atomic E-state index is 14.4. The molecule has 3 heterocycles. The van der Waals surface area contributed by atoms with Crippen molar-refractivity contribution in [3.05, 3.63) is 64.3 Å². The molecule has 3 aromatic rings. The van der Waals surface area contributed by atoms with Gasteiger partial charge in [-0.3, -0.25) is 9.36 Å². The summed E-state index contributed by atoms with van der Waals surface area (Å²) in [6.45, 7) is 8.40. The molecule has 1 aliphatic rings. The van der Waals surface area contributed by atoms with E-state index in [2.05, 4.69) is 16.5 Å². The Kier molecular flexibility index (Phi) is 5.73. The lowest BCUT2D eigenvalue weighted by atomic mass is 10.1. The van der Waals surface area contributed by atoms with Crippen LogP contribution in [0.25, 0.3) is 22.3 Å². The maximum atomic E-state index is 14.4. The van der Waals surface area contributed by atoms with Gasteiger partial charge < -0.3 is 9.80 Å². The van der Waals surface area contributed by atoms with Crippen molar-refractivity contribution in [1.29, 1.82) is 0 Å². The predicted octanol–water partition coefficient (Wildman–Crippen LogP) is 3.40. The van der Waals surface area contributed by atoms with Crippen LogP contribution in [0.5, 0.6) is 0 Å². The number of hydrogen-bond donors (Lipinski definition) is 0. The van der Waals surface area contributed by atoms with Crippen LogP contribution in [-0.2, 0) is 11.8 Å². The van der Waals surface area contributed by atoms with Crippen LogP contribution in [0.2, 0.25) is 5.02 Å². The number of carbonyl (C=O) groups is 1. The highest BCUT2D eigenvalue weighted by atomic mass is 35.5. The van der Waals surface area contributed by atoms with Gasteiger partial charge in [0, 0.05) is 37.8 Å². The minimum Gasteiger partial charge on any atom is -0.349 e. The summed E-state index contributed by atoms with van der Waals surface area (Å²) in [7, 11) is 1.57. The fraction of sp³-hybridized carbons (Fsp3) is 0.304. The molecule has 32 heavy (non-hydrogen) atoms. The zero-order valence-corrected chi connectivity index (χ0v) is 18.8. The van der Waals surface area contributed by atoms with Crippen molar-refractivity contribution in [2.24, 2.45) is 7.05 Å². The van der Waals surface area contributed by atoms with Crippen LogP contribution in [0.1, 0.15) is 13.8 Å². The zero-order valence-electron chi connectivity index (χ0n) is 18.0. The summed E-state index contributed by atoms with van der Waals surface area (Å²) in [4.78, 5) is 37.5. The maximum Gasteiger partial charge on any atom is 0.350 e. The SMILES string of the molecule is C=CC(=O)N1CC(C)N(c2nc(=O)n(C)c3nc(-c4ccccc4F)c(Cl)cc23)CC1C. The number of fused-ring (bicyclic) bond motifs is 1. The first kappa shape index (κ1) is 22.0. The van der Waals surface area contributed by atoms with Crippen molar-refractivity contribution < 1.29 is 9.18 Å². The van der Waals surface area contributed by atoms with Crippen molar-refractivity contribution in [3.8, 4) is 11.3 Å². The summed E-state index contributed by atoms with van der Waals surface area (Å²) in [5.41, 5.74) is 0.384. The molecule has 0 saturated carbocycles. The normalized spacial score (nSPS) is 18.8. The first-order valence-corrected chi connectivity index (χ1v) is 10.6. The lowest BCUT2D eigenvalue weighted by molar-refractivity contribution is -0.128. The minimum absolute atomic E-state index is 0.108. The Labute approximate surface area is 189 Å². The average Bonchev–Trinajstić information content (AvgIpc) is 2.77. The number of pyridine rings is 1. The number of nitrogens with zero attached hydrogens (tertiary/aromatic N) is 5. The van der Waals surface area contributed by atoms with Crippen LogP contribution in [0.15, 0.2) is 47.8 Å². The highest BCUT2D eigenvalue weighted by Crippen LogP contribution is 2.34. The number of rotatable bonds is 3. The Balaban J connectivity index is 1.87. The van der Waals surface area contributed by atoms with Crippen molar-refractivity contribution in [2.45, 2.75) is 25.9 Å². The number of anilines is 1. The number of benzene rings is 1. The molecule has 0 aliphatic carbocycles. The summed E-state index contributed by atoms with van der Waals surface area (Å²) >= 11 is 6.53. The molecule has 1 aromatic carbocycles. The smallest absolute Gasteiger partial charge is 0.349 e. The molecule has 2 unspecified atom stereocenters. The van der Waals surface area contributed by atoms with E-state index in [0.717, 1.165) is 0 Å². The van der Waals surface area contributed by atoms with Crippen LogP contribution < -0.4 is 10.6 Å². The third-order valence-electron chi connectivity index (χ3n) is 5.85. The molecule has 0 N–H and O–H groups in total. The van der Waals surface area contributed by atoms with E-state index in [4.69, 9.17) is 11.6 Å². The van der Waals surface area contributed by atoms with Gasteiger partial charge in [0.05, 0.1) is 16.1 Å². The largest absolute Gasteiger partial charge is 0.350 e. The van der Waals surface area contributed by atoms with Gasteiger partial charge in [0.2, 0.25) is 5.91 Å². The van der Waals surface area contributed by atoms with Crippen LogP contribution in [0.3, 0.4) is 0 Å². The molecule has 0 radical (unpaired) electrons. The number of carbonyl (C=O) groups excluding carboxylic acids is 1. The van der Waals surface area contributed by atoms with Crippen molar-refractivity contribution >= 4 is 34.4 Å². The summed E-state index contributed by atoms with van der Waals surface area (Å²) in [5, 5.41) is 0.838. The molecule has 9 heteroatoms. The molecule has 1 saturated heterocycles. The van der Waals surface area contributed by atoms with Crippen LogP contribution in [-0.4, -0.2) is 50.5 Å². The van der Waals surface area contributed by atoms with E-state index in [0.29, 0.717) is 29.9 Å². The van der Waals surface area contributed by atoms with E-state index in [9.17, 15) is 14.0 Å². The molecule has 2 atom stereocenters.